The molecule has 1 N–H and O–H groups in total. The van der Waals surface area contributed by atoms with Gasteiger partial charge < -0.3 is 5.21 Å². The van der Waals surface area contributed by atoms with E-state index in [1.807, 2.05) is 0 Å². The highest BCUT2D eigenvalue weighted by molar-refractivity contribution is 5.91. The van der Waals surface area contributed by atoms with Crippen LogP contribution in [0.25, 0.3) is 0 Å². The van der Waals surface area contributed by atoms with E-state index in [1.165, 1.54) is 64.2 Å². The van der Waals surface area contributed by atoms with Gasteiger partial charge in [0, 0.05) is 5.41 Å². The minimum absolute atomic E-state index is 0.164. The standard InChI is InChI=1S/C16H31NO/c1-4-5-6-7-8-9-12-16(3)13-10-11-14(2)15(16)17-18/h14,18H,4-13H2,1-3H3. The number of oxime groups is 1. The van der Waals surface area contributed by atoms with Crippen molar-refractivity contribution in [1.82, 2.24) is 0 Å². The van der Waals surface area contributed by atoms with Gasteiger partial charge in [-0.05, 0) is 25.2 Å². The Kier molecular flexibility index (Phi) is 6.73. The molecular formula is C16H31NO. The molecule has 106 valence electrons. The van der Waals surface area contributed by atoms with Crippen molar-refractivity contribution in [2.45, 2.75) is 85.0 Å². The molecular weight excluding hydrogens is 222 g/mol. The molecule has 1 rings (SSSR count). The van der Waals surface area contributed by atoms with Crippen LogP contribution < -0.4 is 0 Å². The Labute approximate surface area is 113 Å². The molecule has 0 aromatic heterocycles. The number of unbranched alkanes of at least 4 members (excludes halogenated alkanes) is 5. The van der Waals surface area contributed by atoms with Gasteiger partial charge in [0.15, 0.2) is 0 Å². The predicted octanol–water partition coefficient (Wildman–Crippen LogP) is 5.39. The van der Waals surface area contributed by atoms with Crippen molar-refractivity contribution in [3.8, 4) is 0 Å². The molecule has 2 nitrogen and oxygen atoms in total. The molecule has 2 unspecified atom stereocenters. The van der Waals surface area contributed by atoms with E-state index in [2.05, 4.69) is 25.9 Å². The molecule has 0 bridgehead atoms. The number of nitrogens with zero attached hydrogens (tertiary/aromatic N) is 1. The molecule has 0 spiro atoms. The number of hydrogen-bond donors (Lipinski definition) is 1. The Balaban J connectivity index is 2.34. The summed E-state index contributed by atoms with van der Waals surface area (Å²) in [6.07, 6.45) is 12.9. The van der Waals surface area contributed by atoms with Crippen LogP contribution in [0.5, 0.6) is 0 Å². The van der Waals surface area contributed by atoms with Gasteiger partial charge in [0.1, 0.15) is 0 Å². The first-order valence-corrected chi connectivity index (χ1v) is 7.86. The third kappa shape index (κ3) is 4.29. The summed E-state index contributed by atoms with van der Waals surface area (Å²) < 4.78 is 0. The van der Waals surface area contributed by atoms with E-state index in [4.69, 9.17) is 0 Å². The Morgan fingerprint density at radius 1 is 1.22 bits per heavy atom. The third-order valence-corrected chi connectivity index (χ3v) is 4.64. The molecule has 0 aromatic carbocycles. The highest BCUT2D eigenvalue weighted by Gasteiger charge is 2.36. The van der Waals surface area contributed by atoms with Gasteiger partial charge in [0.25, 0.3) is 0 Å². The van der Waals surface area contributed by atoms with Crippen LogP contribution in [0, 0.1) is 11.3 Å². The average Bonchev–Trinajstić information content (AvgIpc) is 2.34. The summed E-state index contributed by atoms with van der Waals surface area (Å²) in [5.41, 5.74) is 1.22. The second-order valence-electron chi connectivity index (χ2n) is 6.36. The Morgan fingerprint density at radius 2 is 1.89 bits per heavy atom. The lowest BCUT2D eigenvalue weighted by atomic mass is 9.67. The monoisotopic (exact) mass is 253 g/mol. The van der Waals surface area contributed by atoms with E-state index in [0.717, 1.165) is 5.71 Å². The highest BCUT2D eigenvalue weighted by Crippen LogP contribution is 2.40. The van der Waals surface area contributed by atoms with Gasteiger partial charge in [-0.15, -0.1) is 0 Å². The van der Waals surface area contributed by atoms with Crippen molar-refractivity contribution in [3.05, 3.63) is 0 Å². The van der Waals surface area contributed by atoms with Gasteiger partial charge >= 0.3 is 0 Å². The molecule has 0 aliphatic heterocycles. The topological polar surface area (TPSA) is 32.6 Å². The normalized spacial score (nSPS) is 30.8. The van der Waals surface area contributed by atoms with Gasteiger partial charge in [-0.3, -0.25) is 0 Å². The van der Waals surface area contributed by atoms with Crippen molar-refractivity contribution in [3.63, 3.8) is 0 Å². The molecule has 18 heavy (non-hydrogen) atoms. The van der Waals surface area contributed by atoms with Gasteiger partial charge in [0.2, 0.25) is 0 Å². The van der Waals surface area contributed by atoms with Gasteiger partial charge in [0.05, 0.1) is 5.71 Å². The van der Waals surface area contributed by atoms with Crippen molar-refractivity contribution < 1.29 is 5.21 Å². The van der Waals surface area contributed by atoms with Crippen LogP contribution >= 0.6 is 0 Å². The van der Waals surface area contributed by atoms with Gasteiger partial charge in [-0.2, -0.15) is 0 Å². The van der Waals surface area contributed by atoms with Crippen LogP contribution in [0.4, 0.5) is 0 Å². The van der Waals surface area contributed by atoms with E-state index in [0.29, 0.717) is 5.92 Å². The molecule has 0 heterocycles. The van der Waals surface area contributed by atoms with Crippen LogP contribution in [0.1, 0.15) is 85.0 Å². The van der Waals surface area contributed by atoms with Gasteiger partial charge in [-0.1, -0.05) is 70.9 Å². The largest absolute Gasteiger partial charge is 0.411 e. The van der Waals surface area contributed by atoms with Crippen molar-refractivity contribution in [2.24, 2.45) is 16.5 Å². The smallest absolute Gasteiger partial charge is 0.0657 e. The summed E-state index contributed by atoms with van der Waals surface area (Å²) in [6, 6.07) is 0. The SMILES string of the molecule is CCCCCCCCC1(C)CCCC(C)C1=NO. The molecule has 1 saturated carbocycles. The van der Waals surface area contributed by atoms with Crippen LogP contribution in [-0.4, -0.2) is 10.9 Å². The Bertz CT molecular complexity index is 262. The van der Waals surface area contributed by atoms with Crippen LogP contribution in [-0.2, 0) is 0 Å². The zero-order chi connectivity index (χ0) is 13.4. The van der Waals surface area contributed by atoms with E-state index < -0.39 is 0 Å². The summed E-state index contributed by atoms with van der Waals surface area (Å²) in [6.45, 7) is 6.76. The fourth-order valence-corrected chi connectivity index (χ4v) is 3.43. The Morgan fingerprint density at radius 3 is 2.56 bits per heavy atom. The minimum atomic E-state index is 0.164. The predicted molar refractivity (Wildman–Crippen MR) is 78.3 cm³/mol. The Hall–Kier alpha value is -0.530. The second-order valence-corrected chi connectivity index (χ2v) is 6.36. The maximum atomic E-state index is 9.26. The van der Waals surface area contributed by atoms with Crippen LogP contribution in [0.3, 0.4) is 0 Å². The van der Waals surface area contributed by atoms with Crippen molar-refractivity contribution in [1.29, 1.82) is 0 Å². The zero-order valence-electron chi connectivity index (χ0n) is 12.5. The lowest BCUT2D eigenvalue weighted by Gasteiger charge is -2.38. The first kappa shape index (κ1) is 15.5. The van der Waals surface area contributed by atoms with Crippen molar-refractivity contribution >= 4 is 5.71 Å². The quantitative estimate of drug-likeness (QED) is 0.368. The van der Waals surface area contributed by atoms with E-state index >= 15 is 0 Å². The van der Waals surface area contributed by atoms with E-state index in [-0.39, 0.29) is 5.41 Å². The molecule has 0 radical (unpaired) electrons. The van der Waals surface area contributed by atoms with E-state index in [1.54, 1.807) is 0 Å². The number of hydrogen-bond acceptors (Lipinski definition) is 2. The van der Waals surface area contributed by atoms with E-state index in [9.17, 15) is 5.21 Å². The highest BCUT2D eigenvalue weighted by atomic mass is 16.4. The molecule has 0 amide bonds. The summed E-state index contributed by atoms with van der Waals surface area (Å²) in [7, 11) is 0. The van der Waals surface area contributed by atoms with Crippen LogP contribution in [0.2, 0.25) is 0 Å². The van der Waals surface area contributed by atoms with Gasteiger partial charge in [-0.25, -0.2) is 0 Å². The molecule has 2 heteroatoms. The van der Waals surface area contributed by atoms with Crippen LogP contribution in [0.15, 0.2) is 5.16 Å². The zero-order valence-corrected chi connectivity index (χ0v) is 12.5. The first-order chi connectivity index (χ1) is 8.64. The maximum Gasteiger partial charge on any atom is 0.0657 e. The molecule has 1 aliphatic rings. The summed E-state index contributed by atoms with van der Waals surface area (Å²) >= 11 is 0. The fraction of sp³-hybridized carbons (Fsp3) is 0.938. The third-order valence-electron chi connectivity index (χ3n) is 4.64. The lowest BCUT2D eigenvalue weighted by Crippen LogP contribution is -2.36. The van der Waals surface area contributed by atoms with Crippen molar-refractivity contribution in [2.75, 3.05) is 0 Å². The lowest BCUT2D eigenvalue weighted by molar-refractivity contribution is 0.263. The average molecular weight is 253 g/mol. The second kappa shape index (κ2) is 7.81. The minimum Gasteiger partial charge on any atom is -0.411 e. The summed E-state index contributed by atoms with van der Waals surface area (Å²) in [5, 5.41) is 12.9. The first-order valence-electron chi connectivity index (χ1n) is 7.86. The summed E-state index contributed by atoms with van der Waals surface area (Å²) in [5.74, 6) is 0.467. The summed E-state index contributed by atoms with van der Waals surface area (Å²) in [4.78, 5) is 0. The number of rotatable bonds is 7. The molecule has 0 aromatic rings. The maximum absolute atomic E-state index is 9.26. The molecule has 1 fully saturated rings. The fourth-order valence-electron chi connectivity index (χ4n) is 3.43. The molecule has 2 atom stereocenters. The molecule has 0 saturated heterocycles. The molecule has 1 aliphatic carbocycles.